The van der Waals surface area contributed by atoms with Gasteiger partial charge in [0.1, 0.15) is 0 Å². The Balaban J connectivity index is 3.58. The number of rotatable bonds is 2. The third-order valence-electron chi connectivity index (χ3n) is 0.377. The average Bonchev–Trinajstić information content (AvgIpc) is 1.68. The summed E-state index contributed by atoms with van der Waals surface area (Å²) in [5.41, 5.74) is 4.74. The van der Waals surface area contributed by atoms with Gasteiger partial charge >= 0.3 is 0 Å². The van der Waals surface area contributed by atoms with Crippen LogP contribution in [0.5, 0.6) is 0 Å². The quantitative estimate of drug-likeness (QED) is 0.281. The fourth-order valence-electron chi connectivity index (χ4n) is 0.134. The second kappa shape index (κ2) is 3.08. The fraction of sp³-hybridized carbons (Fsp3) is 0. The normalized spacial score (nSPS) is 9.14. The number of nitrogens with two attached hydrogens (primary N) is 1. The topological polar surface area (TPSA) is 60.2 Å². The first-order valence-electron chi connectivity index (χ1n) is 1.68. The zero-order valence-electron chi connectivity index (χ0n) is 3.63. The van der Waals surface area contributed by atoms with E-state index in [9.17, 15) is 9.59 Å². The van der Waals surface area contributed by atoms with Gasteiger partial charge in [-0.2, -0.15) is 0 Å². The molecule has 0 fully saturated rings. The zero-order valence-corrected chi connectivity index (χ0v) is 3.63. The van der Waals surface area contributed by atoms with Crippen LogP contribution in [-0.2, 0) is 9.59 Å². The number of hydrogen-bond acceptors (Lipinski definition) is 3. The lowest BCUT2D eigenvalue weighted by Crippen LogP contribution is -1.93. The van der Waals surface area contributed by atoms with Crippen molar-refractivity contribution in [3.63, 3.8) is 0 Å². The standard InChI is InChI=1S/C4H5NO2/c5-2-1-4(7)3-6/h1-3H,5H2/b2-1-. The van der Waals surface area contributed by atoms with Gasteiger partial charge in [-0.3, -0.25) is 9.59 Å². The number of allylic oxidation sites excluding steroid dienone is 1. The molecule has 7 heavy (non-hydrogen) atoms. The van der Waals surface area contributed by atoms with Gasteiger partial charge in [0.25, 0.3) is 0 Å². The Morgan fingerprint density at radius 1 is 1.57 bits per heavy atom. The third kappa shape index (κ3) is 2.69. The number of aldehydes is 1. The molecule has 0 rings (SSSR count). The average molecular weight is 99.1 g/mol. The van der Waals surface area contributed by atoms with Crippen LogP contribution in [0.4, 0.5) is 0 Å². The molecule has 2 N–H and O–H groups in total. The summed E-state index contributed by atoms with van der Waals surface area (Å²) in [7, 11) is 0. The van der Waals surface area contributed by atoms with E-state index >= 15 is 0 Å². The van der Waals surface area contributed by atoms with Crippen molar-refractivity contribution in [2.24, 2.45) is 5.73 Å². The predicted octanol–water partition coefficient (Wildman–Crippen LogP) is -0.773. The van der Waals surface area contributed by atoms with E-state index in [1.165, 1.54) is 0 Å². The number of hydrogen-bond donors (Lipinski definition) is 1. The molecule has 0 atom stereocenters. The molecule has 0 saturated carbocycles. The van der Waals surface area contributed by atoms with Gasteiger partial charge < -0.3 is 5.73 Å². The van der Waals surface area contributed by atoms with Gasteiger partial charge in [-0.1, -0.05) is 0 Å². The van der Waals surface area contributed by atoms with Crippen molar-refractivity contribution in [3.05, 3.63) is 12.3 Å². The summed E-state index contributed by atoms with van der Waals surface area (Å²) >= 11 is 0. The first kappa shape index (κ1) is 5.88. The molecule has 0 aromatic rings. The van der Waals surface area contributed by atoms with Gasteiger partial charge in [0.2, 0.25) is 5.78 Å². The van der Waals surface area contributed by atoms with Crippen LogP contribution in [0.1, 0.15) is 0 Å². The highest BCUT2D eigenvalue weighted by atomic mass is 16.2. The summed E-state index contributed by atoms with van der Waals surface area (Å²) in [5, 5.41) is 0. The smallest absolute Gasteiger partial charge is 0.219 e. The summed E-state index contributed by atoms with van der Waals surface area (Å²) in [6.45, 7) is 0. The first-order chi connectivity index (χ1) is 3.31. The van der Waals surface area contributed by atoms with Gasteiger partial charge in [0.05, 0.1) is 0 Å². The largest absolute Gasteiger partial charge is 0.404 e. The van der Waals surface area contributed by atoms with Gasteiger partial charge in [-0.25, -0.2) is 0 Å². The SMILES string of the molecule is N/C=C\C(=O)C=O. The second-order valence-electron chi connectivity index (χ2n) is 0.879. The summed E-state index contributed by atoms with van der Waals surface area (Å²) in [6.07, 6.45) is 2.22. The van der Waals surface area contributed by atoms with Crippen molar-refractivity contribution in [1.29, 1.82) is 0 Å². The van der Waals surface area contributed by atoms with Crippen LogP contribution in [0, 0.1) is 0 Å². The Labute approximate surface area is 40.8 Å². The molecule has 0 spiro atoms. The van der Waals surface area contributed by atoms with Crippen molar-refractivity contribution in [1.82, 2.24) is 0 Å². The maximum atomic E-state index is 9.88. The second-order valence-corrected chi connectivity index (χ2v) is 0.879. The monoisotopic (exact) mass is 99.0 g/mol. The van der Waals surface area contributed by atoms with Gasteiger partial charge in [0.15, 0.2) is 6.29 Å². The predicted molar refractivity (Wildman–Crippen MR) is 24.4 cm³/mol. The fourth-order valence-corrected chi connectivity index (χ4v) is 0.134. The Bertz CT molecular complexity index is 106. The molecule has 0 heterocycles. The van der Waals surface area contributed by atoms with Crippen LogP contribution >= 0.6 is 0 Å². The lowest BCUT2D eigenvalue weighted by Gasteiger charge is -1.68. The van der Waals surface area contributed by atoms with Crippen LogP contribution in [0.3, 0.4) is 0 Å². The lowest BCUT2D eigenvalue weighted by atomic mass is 10.4. The molecule has 38 valence electrons. The number of carbonyl (C=O) groups is 2. The minimum absolute atomic E-state index is 0.198. The van der Waals surface area contributed by atoms with Crippen molar-refractivity contribution >= 4 is 12.1 Å². The Morgan fingerprint density at radius 2 is 2.14 bits per heavy atom. The number of carbonyl (C=O) groups excluding carboxylic acids is 2. The molecule has 3 heteroatoms. The minimum Gasteiger partial charge on any atom is -0.404 e. The molecular weight excluding hydrogens is 94.0 g/mol. The van der Waals surface area contributed by atoms with Crippen LogP contribution in [0.15, 0.2) is 12.3 Å². The van der Waals surface area contributed by atoms with Crippen molar-refractivity contribution < 1.29 is 9.59 Å². The number of ketones is 1. The van der Waals surface area contributed by atoms with E-state index in [2.05, 4.69) is 0 Å². The summed E-state index contributed by atoms with van der Waals surface area (Å²) in [4.78, 5) is 19.3. The molecule has 0 radical (unpaired) electrons. The van der Waals surface area contributed by atoms with E-state index < -0.39 is 5.78 Å². The summed E-state index contributed by atoms with van der Waals surface area (Å²) in [6, 6.07) is 0. The molecule has 0 aromatic carbocycles. The minimum atomic E-state index is -0.609. The summed E-state index contributed by atoms with van der Waals surface area (Å²) < 4.78 is 0. The van der Waals surface area contributed by atoms with Gasteiger partial charge in [-0.15, -0.1) is 0 Å². The molecule has 0 aliphatic rings. The Morgan fingerprint density at radius 3 is 2.29 bits per heavy atom. The first-order valence-corrected chi connectivity index (χ1v) is 1.68. The maximum absolute atomic E-state index is 9.88. The van der Waals surface area contributed by atoms with Crippen LogP contribution in [0.2, 0.25) is 0 Å². The molecule has 0 unspecified atom stereocenters. The van der Waals surface area contributed by atoms with Crippen LogP contribution in [0.25, 0.3) is 0 Å². The van der Waals surface area contributed by atoms with Gasteiger partial charge in [0, 0.05) is 6.08 Å². The zero-order chi connectivity index (χ0) is 5.70. The third-order valence-corrected chi connectivity index (χ3v) is 0.377. The lowest BCUT2D eigenvalue weighted by molar-refractivity contribution is -0.126. The molecule has 0 aromatic heterocycles. The summed E-state index contributed by atoms with van der Waals surface area (Å²) in [5.74, 6) is -0.609. The van der Waals surface area contributed by atoms with Gasteiger partial charge in [-0.05, 0) is 6.20 Å². The Kier molecular flexibility index (Phi) is 2.59. The highest BCUT2D eigenvalue weighted by Crippen LogP contribution is 1.62. The van der Waals surface area contributed by atoms with E-state index in [0.717, 1.165) is 12.3 Å². The molecule has 0 aliphatic carbocycles. The Hall–Kier alpha value is -1.12. The van der Waals surface area contributed by atoms with Crippen molar-refractivity contribution in [2.45, 2.75) is 0 Å². The molecule has 3 nitrogen and oxygen atoms in total. The molecular formula is C4H5NO2. The highest BCUT2D eigenvalue weighted by Gasteiger charge is 1.84. The highest BCUT2D eigenvalue weighted by molar-refractivity contribution is 6.30. The van der Waals surface area contributed by atoms with E-state index in [-0.39, 0.29) is 6.29 Å². The molecule has 0 amide bonds. The van der Waals surface area contributed by atoms with E-state index in [1.807, 2.05) is 0 Å². The van der Waals surface area contributed by atoms with E-state index in [4.69, 9.17) is 5.73 Å². The molecule has 0 saturated heterocycles. The van der Waals surface area contributed by atoms with Crippen LogP contribution < -0.4 is 5.73 Å². The van der Waals surface area contributed by atoms with E-state index in [1.54, 1.807) is 0 Å². The van der Waals surface area contributed by atoms with Crippen molar-refractivity contribution in [2.75, 3.05) is 0 Å². The molecule has 0 bridgehead atoms. The van der Waals surface area contributed by atoms with Crippen LogP contribution in [-0.4, -0.2) is 12.1 Å². The maximum Gasteiger partial charge on any atom is 0.219 e. The van der Waals surface area contributed by atoms with Crippen molar-refractivity contribution in [3.8, 4) is 0 Å². The molecule has 0 aliphatic heterocycles. The van der Waals surface area contributed by atoms with E-state index in [0.29, 0.717) is 0 Å².